The van der Waals surface area contributed by atoms with E-state index in [1.54, 1.807) is 0 Å². The number of likely N-dealkylation sites (N-methyl/N-ethyl adjacent to an activating group) is 2. The molecule has 2 saturated heterocycles. The summed E-state index contributed by atoms with van der Waals surface area (Å²) in [5.41, 5.74) is 0. The van der Waals surface area contributed by atoms with Gasteiger partial charge in [0.15, 0.2) is 10.2 Å². The van der Waals surface area contributed by atoms with Gasteiger partial charge in [-0.3, -0.25) is 0 Å². The molecule has 4 nitrogen and oxygen atoms in total. The third-order valence-electron chi connectivity index (χ3n) is 2.50. The molecule has 2 fully saturated rings. The summed E-state index contributed by atoms with van der Waals surface area (Å²) in [6.07, 6.45) is 0.398. The second-order valence-corrected chi connectivity index (χ2v) is 3.96. The largest absolute Gasteiger partial charge is 0.339 e. The van der Waals surface area contributed by atoms with Crippen molar-refractivity contribution < 1.29 is 0 Å². The minimum atomic E-state index is 0.194. The average molecular weight is 216 g/mol. The molecule has 0 bridgehead atoms. The van der Waals surface area contributed by atoms with Crippen LogP contribution in [0.5, 0.6) is 0 Å². The van der Waals surface area contributed by atoms with E-state index < -0.39 is 0 Å². The molecule has 2 rings (SSSR count). The lowest BCUT2D eigenvalue weighted by atomic mass is 10.4. The van der Waals surface area contributed by atoms with Gasteiger partial charge in [0.25, 0.3) is 0 Å². The molecule has 2 N–H and O–H groups in total. The van der Waals surface area contributed by atoms with Crippen LogP contribution in [0.4, 0.5) is 0 Å². The highest BCUT2D eigenvalue weighted by Crippen LogP contribution is 2.20. The van der Waals surface area contributed by atoms with E-state index >= 15 is 0 Å². The van der Waals surface area contributed by atoms with Crippen LogP contribution in [-0.4, -0.2) is 45.9 Å². The summed E-state index contributed by atoms with van der Waals surface area (Å²) < 4.78 is 0. The second-order valence-electron chi connectivity index (χ2n) is 3.19. The molecule has 6 heteroatoms. The first-order valence-electron chi connectivity index (χ1n) is 4.25. The fourth-order valence-corrected chi connectivity index (χ4v) is 2.40. The third-order valence-corrected chi connectivity index (χ3v) is 3.26. The highest BCUT2D eigenvalue weighted by atomic mass is 32.1. The first-order chi connectivity index (χ1) is 6.15. The summed E-state index contributed by atoms with van der Waals surface area (Å²) in [7, 11) is 1.98. The van der Waals surface area contributed by atoms with Crippen LogP contribution in [0.2, 0.25) is 0 Å². The summed E-state index contributed by atoms with van der Waals surface area (Å²) >= 11 is 10.3. The van der Waals surface area contributed by atoms with Crippen LogP contribution in [0.25, 0.3) is 0 Å². The Bertz CT molecular complexity index is 267. The predicted molar refractivity (Wildman–Crippen MR) is 59.2 cm³/mol. The first-order valence-corrected chi connectivity index (χ1v) is 5.07. The van der Waals surface area contributed by atoms with Crippen molar-refractivity contribution in [3.8, 4) is 0 Å². The van der Waals surface area contributed by atoms with Crippen LogP contribution in [0, 0.1) is 0 Å². The summed E-state index contributed by atoms with van der Waals surface area (Å²) in [5.74, 6) is 0. The van der Waals surface area contributed by atoms with Gasteiger partial charge in [0.05, 0.1) is 0 Å². The van der Waals surface area contributed by atoms with Gasteiger partial charge in [-0.1, -0.05) is 0 Å². The number of nitrogens with one attached hydrogen (secondary N) is 2. The van der Waals surface area contributed by atoms with Crippen LogP contribution in [0.3, 0.4) is 0 Å². The van der Waals surface area contributed by atoms with Crippen molar-refractivity contribution in [3.05, 3.63) is 0 Å². The van der Waals surface area contributed by atoms with Crippen molar-refractivity contribution in [2.75, 3.05) is 13.6 Å². The first kappa shape index (κ1) is 8.96. The van der Waals surface area contributed by atoms with Crippen molar-refractivity contribution >= 4 is 34.7 Å². The third kappa shape index (κ3) is 1.16. The summed E-state index contributed by atoms with van der Waals surface area (Å²) in [6.45, 7) is 2.99. The van der Waals surface area contributed by atoms with Gasteiger partial charge in [0.1, 0.15) is 12.3 Å². The van der Waals surface area contributed by atoms with Crippen LogP contribution >= 0.6 is 24.4 Å². The molecule has 0 radical (unpaired) electrons. The molecule has 0 saturated carbocycles. The lowest BCUT2D eigenvalue weighted by Crippen LogP contribution is -2.43. The van der Waals surface area contributed by atoms with Gasteiger partial charge in [0, 0.05) is 13.6 Å². The zero-order valence-electron chi connectivity index (χ0n) is 7.57. The van der Waals surface area contributed by atoms with Crippen LogP contribution < -0.4 is 10.6 Å². The van der Waals surface area contributed by atoms with E-state index in [2.05, 4.69) is 22.5 Å². The highest BCUT2D eigenvalue weighted by molar-refractivity contribution is 7.80. The number of rotatable bonds is 1. The summed E-state index contributed by atoms with van der Waals surface area (Å²) in [6, 6.07) is 0. The molecule has 0 spiro atoms. The molecule has 13 heavy (non-hydrogen) atoms. The molecule has 2 heterocycles. The van der Waals surface area contributed by atoms with E-state index in [9.17, 15) is 0 Å². The van der Waals surface area contributed by atoms with Gasteiger partial charge < -0.3 is 20.4 Å². The van der Waals surface area contributed by atoms with Gasteiger partial charge in [-0.05, 0) is 31.4 Å². The van der Waals surface area contributed by atoms with Crippen molar-refractivity contribution in [1.29, 1.82) is 0 Å². The predicted octanol–water partition coefficient (Wildman–Crippen LogP) is -0.332. The van der Waals surface area contributed by atoms with Crippen molar-refractivity contribution in [3.63, 3.8) is 0 Å². The lowest BCUT2D eigenvalue weighted by Gasteiger charge is -2.21. The van der Waals surface area contributed by atoms with E-state index in [1.165, 1.54) is 0 Å². The minimum absolute atomic E-state index is 0.194. The van der Waals surface area contributed by atoms with Gasteiger partial charge in [-0.2, -0.15) is 0 Å². The van der Waals surface area contributed by atoms with Crippen molar-refractivity contribution in [2.24, 2.45) is 0 Å². The highest BCUT2D eigenvalue weighted by Gasteiger charge is 2.45. The summed E-state index contributed by atoms with van der Waals surface area (Å²) in [4.78, 5) is 4.17. The number of thiocarbonyl (C=S) groups is 2. The molecular weight excluding hydrogens is 204 g/mol. The fourth-order valence-electron chi connectivity index (χ4n) is 1.80. The molecular formula is C7H12N4S2. The normalized spacial score (nSPS) is 31.8. The summed E-state index contributed by atoms with van der Waals surface area (Å²) in [5, 5.41) is 7.96. The Balaban J connectivity index is 2.24. The van der Waals surface area contributed by atoms with Gasteiger partial charge in [-0.15, -0.1) is 0 Å². The Kier molecular flexibility index (Phi) is 2.03. The van der Waals surface area contributed by atoms with Crippen LogP contribution in [-0.2, 0) is 0 Å². The van der Waals surface area contributed by atoms with Gasteiger partial charge >= 0.3 is 0 Å². The van der Waals surface area contributed by atoms with Crippen LogP contribution in [0.1, 0.15) is 6.92 Å². The Labute approximate surface area is 88.3 Å². The average Bonchev–Trinajstić information content (AvgIpc) is 2.54. The van der Waals surface area contributed by atoms with E-state index in [0.29, 0.717) is 5.11 Å². The standard InChI is InChI=1S/C7H12N4S2/c1-3-11-5-4(8-6(12)9-5)10(2)7(11)13/h4-5H,3H2,1-2H3,(H2,8,9,12)/t4-,5+/m1/s1. The van der Waals surface area contributed by atoms with Crippen LogP contribution in [0.15, 0.2) is 0 Å². The molecule has 0 aromatic heterocycles. The quantitative estimate of drug-likeness (QED) is 0.584. The van der Waals surface area contributed by atoms with E-state index in [4.69, 9.17) is 24.4 Å². The fraction of sp³-hybridized carbons (Fsp3) is 0.714. The molecule has 0 aliphatic carbocycles. The SMILES string of the molecule is CCN1C(=S)N(C)[C@H]2NC(=S)N[C@H]21. The molecule has 2 aliphatic heterocycles. The Morgan fingerprint density at radius 3 is 2.54 bits per heavy atom. The van der Waals surface area contributed by atoms with E-state index in [0.717, 1.165) is 11.7 Å². The minimum Gasteiger partial charge on any atom is -0.339 e. The molecule has 0 unspecified atom stereocenters. The number of hydrogen-bond donors (Lipinski definition) is 2. The molecule has 2 aliphatic rings. The maximum atomic E-state index is 5.28. The monoisotopic (exact) mass is 216 g/mol. The Morgan fingerprint density at radius 2 is 1.92 bits per heavy atom. The lowest BCUT2D eigenvalue weighted by molar-refractivity contribution is 0.288. The Morgan fingerprint density at radius 1 is 1.31 bits per heavy atom. The Hall–Kier alpha value is -0.620. The molecule has 0 aromatic rings. The van der Waals surface area contributed by atoms with E-state index in [1.807, 2.05) is 11.9 Å². The maximum absolute atomic E-state index is 5.28. The van der Waals surface area contributed by atoms with Crippen molar-refractivity contribution in [1.82, 2.24) is 20.4 Å². The number of hydrogen-bond acceptors (Lipinski definition) is 2. The number of nitrogens with zero attached hydrogens (tertiary/aromatic N) is 2. The zero-order valence-corrected chi connectivity index (χ0v) is 9.21. The van der Waals surface area contributed by atoms with Gasteiger partial charge in [0.2, 0.25) is 0 Å². The second kappa shape index (κ2) is 2.95. The zero-order chi connectivity index (χ0) is 9.59. The number of fused-ring (bicyclic) bond motifs is 1. The molecule has 0 aromatic carbocycles. The van der Waals surface area contributed by atoms with Gasteiger partial charge in [-0.25, -0.2) is 0 Å². The molecule has 0 amide bonds. The smallest absolute Gasteiger partial charge is 0.174 e. The molecule has 72 valence electrons. The topological polar surface area (TPSA) is 30.5 Å². The maximum Gasteiger partial charge on any atom is 0.174 e. The van der Waals surface area contributed by atoms with E-state index in [-0.39, 0.29) is 12.3 Å². The van der Waals surface area contributed by atoms with Crippen molar-refractivity contribution in [2.45, 2.75) is 19.3 Å². The molecule has 2 atom stereocenters.